The van der Waals surface area contributed by atoms with E-state index in [-0.39, 0.29) is 0 Å². The van der Waals surface area contributed by atoms with Crippen LogP contribution in [0, 0.1) is 5.92 Å². The second-order valence-electron chi connectivity index (χ2n) is 5.83. The Kier molecular flexibility index (Phi) is 3.88. The number of rotatable bonds is 6. The Labute approximate surface area is 121 Å². The van der Waals surface area contributed by atoms with E-state index in [9.17, 15) is 0 Å². The average molecular weight is 269 g/mol. The minimum atomic E-state index is 0.374. The minimum Gasteiger partial charge on any atom is -0.307 e. The summed E-state index contributed by atoms with van der Waals surface area (Å²) in [5, 5.41) is 8.18. The molecule has 3 nitrogen and oxygen atoms in total. The van der Waals surface area contributed by atoms with Gasteiger partial charge in [-0.2, -0.15) is 5.10 Å². The van der Waals surface area contributed by atoms with Gasteiger partial charge in [0.25, 0.3) is 0 Å². The normalized spacial score (nSPS) is 22.7. The van der Waals surface area contributed by atoms with Gasteiger partial charge in [-0.25, -0.2) is 4.68 Å². The van der Waals surface area contributed by atoms with Gasteiger partial charge in [-0.05, 0) is 37.8 Å². The van der Waals surface area contributed by atoms with Crippen molar-refractivity contribution >= 4 is 0 Å². The summed E-state index contributed by atoms with van der Waals surface area (Å²) in [6.45, 7) is 4.50. The van der Waals surface area contributed by atoms with Crippen LogP contribution in [0.5, 0.6) is 0 Å². The van der Waals surface area contributed by atoms with Gasteiger partial charge in [0.05, 0.1) is 11.9 Å². The molecule has 1 aliphatic rings. The molecule has 1 aliphatic carbocycles. The smallest absolute Gasteiger partial charge is 0.0645 e. The molecule has 2 aromatic rings. The number of nitrogens with zero attached hydrogens (tertiary/aromatic N) is 2. The highest BCUT2D eigenvalue weighted by Gasteiger charge is 2.36. The van der Waals surface area contributed by atoms with Crippen LogP contribution in [-0.2, 0) is 0 Å². The van der Waals surface area contributed by atoms with Gasteiger partial charge in [-0.15, -0.1) is 0 Å². The monoisotopic (exact) mass is 269 g/mol. The van der Waals surface area contributed by atoms with Crippen LogP contribution in [0.1, 0.15) is 44.7 Å². The number of nitrogens with one attached hydrogen (secondary N) is 1. The van der Waals surface area contributed by atoms with Crippen LogP contribution in [-0.4, -0.2) is 15.8 Å². The van der Waals surface area contributed by atoms with E-state index in [0.717, 1.165) is 11.6 Å². The molecule has 0 radical (unpaired) electrons. The highest BCUT2D eigenvalue weighted by Crippen LogP contribution is 2.36. The fourth-order valence-corrected chi connectivity index (χ4v) is 2.84. The summed E-state index contributed by atoms with van der Waals surface area (Å²) >= 11 is 0. The van der Waals surface area contributed by atoms with Crippen molar-refractivity contribution in [2.45, 2.75) is 45.2 Å². The number of para-hydroxylation sites is 1. The molecule has 1 saturated carbocycles. The van der Waals surface area contributed by atoms with Crippen LogP contribution in [0.3, 0.4) is 0 Å². The van der Waals surface area contributed by atoms with E-state index >= 15 is 0 Å². The fourth-order valence-electron chi connectivity index (χ4n) is 2.84. The Morgan fingerprint density at radius 2 is 2.15 bits per heavy atom. The van der Waals surface area contributed by atoms with Crippen molar-refractivity contribution in [2.75, 3.05) is 0 Å². The number of aromatic nitrogens is 2. The van der Waals surface area contributed by atoms with Gasteiger partial charge in [0.1, 0.15) is 0 Å². The lowest BCUT2D eigenvalue weighted by molar-refractivity contribution is 0.530. The molecule has 3 heteroatoms. The lowest BCUT2D eigenvalue weighted by Crippen LogP contribution is -2.22. The largest absolute Gasteiger partial charge is 0.307 e. The Hall–Kier alpha value is -1.61. The Morgan fingerprint density at radius 3 is 2.90 bits per heavy atom. The molecule has 0 aliphatic heterocycles. The first-order valence-corrected chi connectivity index (χ1v) is 7.64. The average Bonchev–Trinajstić information content (AvgIpc) is 3.02. The molecular formula is C17H23N3. The summed E-state index contributed by atoms with van der Waals surface area (Å²) in [6.07, 6.45) is 8.09. The summed E-state index contributed by atoms with van der Waals surface area (Å²) in [5.41, 5.74) is 2.37. The number of hydrogen-bond donors (Lipinski definition) is 1. The molecule has 0 spiro atoms. The van der Waals surface area contributed by atoms with Crippen molar-refractivity contribution in [3.8, 4) is 5.69 Å². The second-order valence-corrected chi connectivity index (χ2v) is 5.83. The maximum Gasteiger partial charge on any atom is 0.0645 e. The summed E-state index contributed by atoms with van der Waals surface area (Å²) in [6, 6.07) is 11.3. The lowest BCUT2D eigenvalue weighted by atomic mass is 10.2. The molecule has 1 N–H and O–H groups in total. The molecule has 3 rings (SSSR count). The molecular weight excluding hydrogens is 246 g/mol. The molecule has 20 heavy (non-hydrogen) atoms. The molecule has 3 unspecified atom stereocenters. The molecule has 0 bridgehead atoms. The molecule has 1 fully saturated rings. The predicted molar refractivity (Wildman–Crippen MR) is 81.9 cm³/mol. The highest BCUT2D eigenvalue weighted by atomic mass is 15.3. The molecule has 0 saturated heterocycles. The van der Waals surface area contributed by atoms with E-state index in [1.807, 2.05) is 29.1 Å². The topological polar surface area (TPSA) is 29.9 Å². The molecule has 3 atom stereocenters. The van der Waals surface area contributed by atoms with E-state index in [0.29, 0.717) is 12.1 Å². The predicted octanol–water partition coefficient (Wildman–Crippen LogP) is 3.71. The fraction of sp³-hybridized carbons (Fsp3) is 0.471. The molecule has 0 amide bonds. The first kappa shape index (κ1) is 13.4. The number of benzene rings is 1. The van der Waals surface area contributed by atoms with Gasteiger partial charge in [0.2, 0.25) is 0 Å². The zero-order chi connectivity index (χ0) is 13.9. The van der Waals surface area contributed by atoms with Crippen LogP contribution in [0.2, 0.25) is 0 Å². The number of hydrogen-bond acceptors (Lipinski definition) is 2. The lowest BCUT2D eigenvalue weighted by Gasteiger charge is -2.11. The third kappa shape index (κ3) is 2.93. The van der Waals surface area contributed by atoms with Gasteiger partial charge < -0.3 is 5.32 Å². The second kappa shape index (κ2) is 5.80. The Balaban J connectivity index is 1.62. The summed E-state index contributed by atoms with van der Waals surface area (Å²) in [4.78, 5) is 0. The van der Waals surface area contributed by atoms with Crippen molar-refractivity contribution in [2.24, 2.45) is 5.92 Å². The first-order valence-electron chi connectivity index (χ1n) is 7.64. The highest BCUT2D eigenvalue weighted by molar-refractivity contribution is 5.31. The van der Waals surface area contributed by atoms with E-state index in [2.05, 4.69) is 42.6 Å². The van der Waals surface area contributed by atoms with Crippen LogP contribution >= 0.6 is 0 Å². The zero-order valence-corrected chi connectivity index (χ0v) is 12.3. The van der Waals surface area contributed by atoms with E-state index in [4.69, 9.17) is 0 Å². The van der Waals surface area contributed by atoms with Crippen LogP contribution in [0.15, 0.2) is 42.7 Å². The van der Waals surface area contributed by atoms with Crippen molar-refractivity contribution in [1.29, 1.82) is 0 Å². The van der Waals surface area contributed by atoms with E-state index < -0.39 is 0 Å². The Morgan fingerprint density at radius 1 is 1.35 bits per heavy atom. The molecule has 1 aromatic heterocycles. The van der Waals surface area contributed by atoms with Crippen molar-refractivity contribution in [3.63, 3.8) is 0 Å². The van der Waals surface area contributed by atoms with Crippen molar-refractivity contribution in [1.82, 2.24) is 15.1 Å². The maximum atomic E-state index is 4.47. The van der Waals surface area contributed by atoms with Gasteiger partial charge in [-0.3, -0.25) is 0 Å². The Bertz CT molecular complexity index is 546. The van der Waals surface area contributed by atoms with Gasteiger partial charge in [0, 0.05) is 23.8 Å². The first-order chi connectivity index (χ1) is 9.78. The standard InChI is InChI=1S/C17H23N3/c1-3-7-14-10-17(14)19-13(2)15-11-18-20(12-15)16-8-5-4-6-9-16/h4-6,8-9,11-14,17,19H,3,7,10H2,1-2H3. The van der Waals surface area contributed by atoms with E-state index in [1.165, 1.54) is 24.8 Å². The third-order valence-corrected chi connectivity index (χ3v) is 4.17. The molecule has 1 aromatic carbocycles. The van der Waals surface area contributed by atoms with Gasteiger partial charge >= 0.3 is 0 Å². The van der Waals surface area contributed by atoms with E-state index in [1.54, 1.807) is 0 Å². The maximum absolute atomic E-state index is 4.47. The quantitative estimate of drug-likeness (QED) is 0.866. The minimum absolute atomic E-state index is 0.374. The van der Waals surface area contributed by atoms with Crippen molar-refractivity contribution < 1.29 is 0 Å². The summed E-state index contributed by atoms with van der Waals surface area (Å²) < 4.78 is 1.95. The molecule has 106 valence electrons. The van der Waals surface area contributed by atoms with Gasteiger partial charge in [0.15, 0.2) is 0 Å². The van der Waals surface area contributed by atoms with Gasteiger partial charge in [-0.1, -0.05) is 31.5 Å². The zero-order valence-electron chi connectivity index (χ0n) is 12.3. The van der Waals surface area contributed by atoms with Crippen LogP contribution in [0.4, 0.5) is 0 Å². The third-order valence-electron chi connectivity index (χ3n) is 4.17. The molecule has 1 heterocycles. The summed E-state index contributed by atoms with van der Waals surface area (Å²) in [5.74, 6) is 0.895. The van der Waals surface area contributed by atoms with Crippen LogP contribution < -0.4 is 5.32 Å². The van der Waals surface area contributed by atoms with Crippen LogP contribution in [0.25, 0.3) is 5.69 Å². The van der Waals surface area contributed by atoms with Crippen molar-refractivity contribution in [3.05, 3.63) is 48.3 Å². The SMILES string of the molecule is CCCC1CC1NC(C)c1cnn(-c2ccccc2)c1. The summed E-state index contributed by atoms with van der Waals surface area (Å²) in [7, 11) is 0.